The van der Waals surface area contributed by atoms with Gasteiger partial charge in [-0.25, -0.2) is 5.10 Å². The molecule has 1 aliphatic heterocycles. The van der Waals surface area contributed by atoms with E-state index in [1.165, 1.54) is 4.90 Å². The Morgan fingerprint density at radius 3 is 2.82 bits per heavy atom. The summed E-state index contributed by atoms with van der Waals surface area (Å²) in [5.41, 5.74) is -1.01. The summed E-state index contributed by atoms with van der Waals surface area (Å²) < 4.78 is 45.9. The molecule has 0 saturated carbocycles. The molecule has 0 spiro atoms. The number of anilines is 1. The van der Waals surface area contributed by atoms with E-state index in [4.69, 9.17) is 4.74 Å². The molecule has 0 amide bonds. The van der Waals surface area contributed by atoms with E-state index < -0.39 is 17.3 Å². The van der Waals surface area contributed by atoms with E-state index >= 15 is 0 Å². The third-order valence-corrected chi connectivity index (χ3v) is 4.49. The number of rotatable bonds is 8. The Bertz CT molecular complexity index is 869. The van der Waals surface area contributed by atoms with Gasteiger partial charge in [-0.1, -0.05) is 12.1 Å². The summed E-state index contributed by atoms with van der Waals surface area (Å²) in [6.45, 7) is 3.23. The highest BCUT2D eigenvalue weighted by atomic mass is 19.4. The van der Waals surface area contributed by atoms with Crippen LogP contribution in [0.15, 0.2) is 29.2 Å². The van der Waals surface area contributed by atoms with Crippen LogP contribution in [0.4, 0.5) is 18.9 Å². The lowest BCUT2D eigenvalue weighted by molar-refractivity contribution is -0.138. The van der Waals surface area contributed by atoms with E-state index in [1.54, 1.807) is 6.07 Å². The number of H-pyrrole nitrogens is 1. The van der Waals surface area contributed by atoms with Crippen molar-refractivity contribution in [2.75, 3.05) is 38.2 Å². The van der Waals surface area contributed by atoms with Gasteiger partial charge in [0, 0.05) is 38.3 Å². The molecule has 0 unspecified atom stereocenters. The lowest BCUT2D eigenvalue weighted by Gasteiger charge is -2.21. The monoisotopic (exact) mass is 397 g/mol. The van der Waals surface area contributed by atoms with Gasteiger partial charge in [0.15, 0.2) is 0 Å². The predicted molar refractivity (Wildman–Crippen MR) is 98.5 cm³/mol. The SMILES string of the molecule is CNCCNCCOc1cccc2c1CN(c1cn[nH]c(=O)c1C(F)(F)F)C2. The van der Waals surface area contributed by atoms with Crippen LogP contribution < -0.4 is 25.8 Å². The van der Waals surface area contributed by atoms with E-state index in [9.17, 15) is 18.0 Å². The number of ether oxygens (including phenoxy) is 1. The van der Waals surface area contributed by atoms with Gasteiger partial charge in [0.05, 0.1) is 11.9 Å². The molecule has 1 aliphatic rings. The van der Waals surface area contributed by atoms with E-state index in [1.807, 2.05) is 24.3 Å². The number of likely N-dealkylation sites (N-methyl/N-ethyl adjacent to an activating group) is 1. The van der Waals surface area contributed by atoms with Gasteiger partial charge in [0.25, 0.3) is 5.56 Å². The molecule has 152 valence electrons. The second kappa shape index (κ2) is 8.61. The van der Waals surface area contributed by atoms with Crippen molar-refractivity contribution in [2.45, 2.75) is 19.3 Å². The average Bonchev–Trinajstić information content (AvgIpc) is 3.08. The first-order chi connectivity index (χ1) is 13.4. The molecule has 3 rings (SSSR count). The number of halogens is 3. The normalized spacial score (nSPS) is 13.6. The fraction of sp³-hybridized carbons (Fsp3) is 0.444. The smallest absolute Gasteiger partial charge is 0.423 e. The first-order valence-electron chi connectivity index (χ1n) is 8.90. The van der Waals surface area contributed by atoms with Crippen LogP contribution in [0.2, 0.25) is 0 Å². The molecule has 0 radical (unpaired) electrons. The highest BCUT2D eigenvalue weighted by molar-refractivity contribution is 5.58. The molecule has 0 atom stereocenters. The van der Waals surface area contributed by atoms with Crippen LogP contribution in [0.1, 0.15) is 16.7 Å². The van der Waals surface area contributed by atoms with Gasteiger partial charge in [-0.3, -0.25) is 4.79 Å². The van der Waals surface area contributed by atoms with Crippen LogP contribution in [-0.4, -0.2) is 43.5 Å². The number of benzene rings is 1. The number of aromatic nitrogens is 2. The molecule has 10 heteroatoms. The van der Waals surface area contributed by atoms with Crippen LogP contribution in [0.5, 0.6) is 5.75 Å². The summed E-state index contributed by atoms with van der Waals surface area (Å²) in [6, 6.07) is 5.46. The van der Waals surface area contributed by atoms with E-state index in [0.29, 0.717) is 18.9 Å². The van der Waals surface area contributed by atoms with Crippen LogP contribution >= 0.6 is 0 Å². The molecular weight excluding hydrogens is 375 g/mol. The van der Waals surface area contributed by atoms with Crippen molar-refractivity contribution in [3.8, 4) is 5.75 Å². The van der Waals surface area contributed by atoms with Crippen LogP contribution in [0.25, 0.3) is 0 Å². The lowest BCUT2D eigenvalue weighted by atomic mass is 10.1. The third-order valence-electron chi connectivity index (χ3n) is 4.49. The molecule has 0 aliphatic carbocycles. The highest BCUT2D eigenvalue weighted by Crippen LogP contribution is 2.38. The minimum absolute atomic E-state index is 0.215. The van der Waals surface area contributed by atoms with Crippen molar-refractivity contribution in [1.82, 2.24) is 20.8 Å². The number of fused-ring (bicyclic) bond motifs is 1. The van der Waals surface area contributed by atoms with Gasteiger partial charge in [0.2, 0.25) is 0 Å². The predicted octanol–water partition coefficient (Wildman–Crippen LogP) is 1.50. The lowest BCUT2D eigenvalue weighted by Crippen LogP contribution is -2.29. The van der Waals surface area contributed by atoms with Crippen LogP contribution in [-0.2, 0) is 19.3 Å². The van der Waals surface area contributed by atoms with Crippen molar-refractivity contribution in [3.63, 3.8) is 0 Å². The Morgan fingerprint density at radius 1 is 1.25 bits per heavy atom. The summed E-state index contributed by atoms with van der Waals surface area (Å²) in [4.78, 5) is 13.2. The summed E-state index contributed by atoms with van der Waals surface area (Å²) in [5, 5.41) is 11.7. The number of aromatic amines is 1. The maximum atomic E-state index is 13.4. The molecule has 1 aromatic heterocycles. The fourth-order valence-electron chi connectivity index (χ4n) is 3.17. The second-order valence-electron chi connectivity index (χ2n) is 6.41. The Morgan fingerprint density at radius 2 is 2.07 bits per heavy atom. The van der Waals surface area contributed by atoms with Crippen LogP contribution in [0.3, 0.4) is 0 Å². The van der Waals surface area contributed by atoms with Crippen molar-refractivity contribution < 1.29 is 17.9 Å². The molecule has 1 aromatic carbocycles. The summed E-state index contributed by atoms with van der Waals surface area (Å²) in [7, 11) is 1.87. The topological polar surface area (TPSA) is 82.3 Å². The molecule has 0 bridgehead atoms. The van der Waals surface area contributed by atoms with E-state index in [0.717, 1.165) is 30.4 Å². The number of alkyl halides is 3. The second-order valence-corrected chi connectivity index (χ2v) is 6.41. The molecular formula is C18H22F3N5O2. The first kappa shape index (κ1) is 20.2. The molecule has 2 heterocycles. The van der Waals surface area contributed by atoms with Gasteiger partial charge in [-0.05, 0) is 18.7 Å². The fourth-order valence-corrected chi connectivity index (χ4v) is 3.17. The Labute approximate surface area is 159 Å². The quantitative estimate of drug-likeness (QED) is 0.586. The van der Waals surface area contributed by atoms with Crippen LogP contribution in [0, 0.1) is 0 Å². The van der Waals surface area contributed by atoms with Crippen molar-refractivity contribution in [1.29, 1.82) is 0 Å². The number of hydrogen-bond acceptors (Lipinski definition) is 6. The maximum absolute atomic E-state index is 13.4. The number of nitrogens with one attached hydrogen (secondary N) is 3. The Balaban J connectivity index is 1.74. The van der Waals surface area contributed by atoms with Crippen molar-refractivity contribution >= 4 is 5.69 Å². The molecule has 0 fully saturated rings. The Hall–Kier alpha value is -2.59. The molecule has 7 nitrogen and oxygen atoms in total. The summed E-state index contributed by atoms with van der Waals surface area (Å²) in [5.74, 6) is 0.641. The zero-order valence-corrected chi connectivity index (χ0v) is 15.4. The van der Waals surface area contributed by atoms with Gasteiger partial charge in [0.1, 0.15) is 17.9 Å². The Kier molecular flexibility index (Phi) is 6.20. The molecule has 0 saturated heterocycles. The maximum Gasteiger partial charge on any atom is 0.423 e. The van der Waals surface area contributed by atoms with Gasteiger partial charge in [-0.2, -0.15) is 18.3 Å². The van der Waals surface area contributed by atoms with Gasteiger partial charge >= 0.3 is 6.18 Å². The average molecular weight is 397 g/mol. The molecule has 3 N–H and O–H groups in total. The summed E-state index contributed by atoms with van der Waals surface area (Å²) >= 11 is 0. The van der Waals surface area contributed by atoms with Crippen molar-refractivity contribution in [3.05, 3.63) is 51.4 Å². The highest BCUT2D eigenvalue weighted by Gasteiger charge is 2.39. The third kappa shape index (κ3) is 4.45. The molecule has 2 aromatic rings. The first-order valence-corrected chi connectivity index (χ1v) is 8.90. The summed E-state index contributed by atoms with van der Waals surface area (Å²) in [6.07, 6.45) is -3.72. The van der Waals surface area contributed by atoms with Gasteiger partial charge < -0.3 is 20.3 Å². The minimum Gasteiger partial charge on any atom is -0.492 e. The van der Waals surface area contributed by atoms with E-state index in [-0.39, 0.29) is 18.8 Å². The standard InChI is InChI=1S/C18H22F3N5O2/c1-22-5-6-23-7-8-28-15-4-2-3-12-10-26(11-13(12)15)14-9-24-25-17(27)16(14)18(19,20)21/h2-4,9,22-23H,5-8,10-11H2,1H3,(H,25,27). The van der Waals surface area contributed by atoms with Crippen molar-refractivity contribution in [2.24, 2.45) is 0 Å². The largest absolute Gasteiger partial charge is 0.492 e. The van der Waals surface area contributed by atoms with Gasteiger partial charge in [-0.15, -0.1) is 0 Å². The number of hydrogen-bond donors (Lipinski definition) is 3. The van der Waals surface area contributed by atoms with E-state index in [2.05, 4.69) is 15.7 Å². The zero-order valence-electron chi connectivity index (χ0n) is 15.4. The minimum atomic E-state index is -4.76. The molecule has 28 heavy (non-hydrogen) atoms. The number of nitrogens with zero attached hydrogens (tertiary/aromatic N) is 2. The zero-order chi connectivity index (χ0) is 20.1.